The summed E-state index contributed by atoms with van der Waals surface area (Å²) in [7, 11) is 1.70. The molecule has 0 aliphatic rings. The van der Waals surface area contributed by atoms with Gasteiger partial charge in [-0.2, -0.15) is 0 Å². The van der Waals surface area contributed by atoms with Gasteiger partial charge in [-0.15, -0.1) is 0 Å². The second-order valence-corrected chi connectivity index (χ2v) is 5.14. The molecule has 1 heterocycles. The number of ether oxygens (including phenoxy) is 1. The van der Waals surface area contributed by atoms with Crippen LogP contribution in [0.2, 0.25) is 0 Å². The van der Waals surface area contributed by atoms with E-state index in [4.69, 9.17) is 9.15 Å². The summed E-state index contributed by atoms with van der Waals surface area (Å²) in [6.07, 6.45) is 0.249. The lowest BCUT2D eigenvalue weighted by Crippen LogP contribution is -2.02. The van der Waals surface area contributed by atoms with Crippen LogP contribution in [0.5, 0.6) is 0 Å². The highest BCUT2D eigenvalue weighted by Crippen LogP contribution is 2.31. The molecule has 1 aromatic heterocycles. The Morgan fingerprint density at radius 3 is 2.25 bits per heavy atom. The van der Waals surface area contributed by atoms with Crippen molar-refractivity contribution in [3.63, 3.8) is 0 Å². The Kier molecular flexibility index (Phi) is 4.63. The number of aliphatic hydroxyl groups excluding tert-OH is 1. The van der Waals surface area contributed by atoms with Gasteiger partial charge in [0.1, 0.15) is 17.6 Å². The molecule has 1 aromatic carbocycles. The molecule has 0 aliphatic heterocycles. The number of hydrogen-bond acceptors (Lipinski definition) is 3. The third-order valence-corrected chi connectivity index (χ3v) is 3.78. The van der Waals surface area contributed by atoms with Gasteiger partial charge < -0.3 is 14.3 Å². The predicted molar refractivity (Wildman–Crippen MR) is 79.0 cm³/mol. The fourth-order valence-electron chi connectivity index (χ4n) is 2.47. The number of furan rings is 1. The summed E-state index contributed by atoms with van der Waals surface area (Å²) in [5.41, 5.74) is 4.00. The van der Waals surface area contributed by atoms with Gasteiger partial charge in [0.25, 0.3) is 0 Å². The molecule has 108 valence electrons. The molecule has 3 heteroatoms. The van der Waals surface area contributed by atoms with Crippen molar-refractivity contribution in [1.82, 2.24) is 0 Å². The third-order valence-electron chi connectivity index (χ3n) is 3.78. The number of hydrogen-bond donors (Lipinski definition) is 1. The Balaban J connectivity index is 2.22. The predicted octanol–water partition coefficient (Wildman–Crippen LogP) is 3.48. The molecule has 3 nitrogen and oxygen atoms in total. The molecular formula is C17H22O3. The lowest BCUT2D eigenvalue weighted by atomic mass is 9.97. The Labute approximate surface area is 120 Å². The molecule has 0 spiro atoms. The average Bonchev–Trinajstić information content (AvgIpc) is 2.70. The molecule has 0 amide bonds. The zero-order valence-corrected chi connectivity index (χ0v) is 12.6. The fraction of sp³-hybridized carbons (Fsp3) is 0.412. The van der Waals surface area contributed by atoms with Gasteiger partial charge in [-0.3, -0.25) is 0 Å². The van der Waals surface area contributed by atoms with E-state index < -0.39 is 6.10 Å². The van der Waals surface area contributed by atoms with Crippen LogP contribution in [-0.4, -0.2) is 18.8 Å². The summed E-state index contributed by atoms with van der Waals surface area (Å²) in [5, 5.41) is 10.5. The first-order valence-corrected chi connectivity index (χ1v) is 6.87. The summed E-state index contributed by atoms with van der Waals surface area (Å²) in [6, 6.07) is 8.01. The highest BCUT2D eigenvalue weighted by molar-refractivity contribution is 5.39. The van der Waals surface area contributed by atoms with E-state index in [-0.39, 0.29) is 0 Å². The van der Waals surface area contributed by atoms with Gasteiger partial charge in [-0.25, -0.2) is 0 Å². The zero-order chi connectivity index (χ0) is 14.7. The maximum Gasteiger partial charge on any atom is 0.108 e. The lowest BCUT2D eigenvalue weighted by molar-refractivity contribution is 0.202. The standard InChI is InChI=1S/C17H22O3/c1-11-12(2)20-13(3)16(11)17(18)15-7-5-14(6-8-15)9-10-19-4/h5-8,17-18H,9-10H2,1-4H3. The summed E-state index contributed by atoms with van der Waals surface area (Å²) >= 11 is 0. The number of benzene rings is 1. The molecule has 0 radical (unpaired) electrons. The summed E-state index contributed by atoms with van der Waals surface area (Å²) in [5.74, 6) is 1.66. The van der Waals surface area contributed by atoms with Crippen LogP contribution in [0.1, 0.15) is 39.9 Å². The largest absolute Gasteiger partial charge is 0.466 e. The molecule has 0 saturated heterocycles. The third kappa shape index (κ3) is 2.94. The number of rotatable bonds is 5. The highest BCUT2D eigenvalue weighted by atomic mass is 16.5. The molecule has 2 rings (SSSR count). The Bertz CT molecular complexity index is 567. The summed E-state index contributed by atoms with van der Waals surface area (Å²) in [6.45, 7) is 6.51. The van der Waals surface area contributed by atoms with Gasteiger partial charge in [0.05, 0.1) is 6.61 Å². The minimum atomic E-state index is -0.635. The zero-order valence-electron chi connectivity index (χ0n) is 12.6. The smallest absolute Gasteiger partial charge is 0.108 e. The van der Waals surface area contributed by atoms with Crippen molar-refractivity contribution in [1.29, 1.82) is 0 Å². The molecule has 0 aliphatic carbocycles. The Morgan fingerprint density at radius 1 is 1.10 bits per heavy atom. The number of methoxy groups -OCH3 is 1. The molecule has 1 atom stereocenters. The monoisotopic (exact) mass is 274 g/mol. The van der Waals surface area contributed by atoms with E-state index in [9.17, 15) is 5.11 Å². The molecular weight excluding hydrogens is 252 g/mol. The fourth-order valence-corrected chi connectivity index (χ4v) is 2.47. The molecule has 2 aromatic rings. The van der Waals surface area contributed by atoms with Crippen LogP contribution < -0.4 is 0 Å². The van der Waals surface area contributed by atoms with Gasteiger partial charge >= 0.3 is 0 Å². The van der Waals surface area contributed by atoms with Gasteiger partial charge in [-0.05, 0) is 43.9 Å². The van der Waals surface area contributed by atoms with Crippen molar-refractivity contribution < 1.29 is 14.3 Å². The Morgan fingerprint density at radius 2 is 1.75 bits per heavy atom. The van der Waals surface area contributed by atoms with Gasteiger partial charge in [0.2, 0.25) is 0 Å². The minimum absolute atomic E-state index is 0.635. The van der Waals surface area contributed by atoms with Crippen LogP contribution in [0.25, 0.3) is 0 Å². The first kappa shape index (κ1) is 14.8. The van der Waals surface area contributed by atoms with Crippen molar-refractivity contribution in [2.75, 3.05) is 13.7 Å². The van der Waals surface area contributed by atoms with Gasteiger partial charge in [0, 0.05) is 12.7 Å². The SMILES string of the molecule is COCCc1ccc(C(O)c2c(C)oc(C)c2C)cc1. The van der Waals surface area contributed by atoms with Crippen LogP contribution >= 0.6 is 0 Å². The average molecular weight is 274 g/mol. The van der Waals surface area contributed by atoms with E-state index in [0.29, 0.717) is 6.61 Å². The first-order valence-electron chi connectivity index (χ1n) is 6.87. The minimum Gasteiger partial charge on any atom is -0.466 e. The summed E-state index contributed by atoms with van der Waals surface area (Å²) < 4.78 is 10.7. The number of aryl methyl sites for hydroxylation is 2. The van der Waals surface area contributed by atoms with Crippen LogP contribution in [0.15, 0.2) is 28.7 Å². The van der Waals surface area contributed by atoms with Gasteiger partial charge in [0.15, 0.2) is 0 Å². The highest BCUT2D eigenvalue weighted by Gasteiger charge is 2.20. The van der Waals surface area contributed by atoms with Crippen LogP contribution in [0.4, 0.5) is 0 Å². The van der Waals surface area contributed by atoms with Crippen molar-refractivity contribution >= 4 is 0 Å². The maximum absolute atomic E-state index is 10.5. The molecule has 20 heavy (non-hydrogen) atoms. The lowest BCUT2D eigenvalue weighted by Gasteiger charge is -2.12. The topological polar surface area (TPSA) is 42.6 Å². The Hall–Kier alpha value is -1.58. The van der Waals surface area contributed by atoms with Crippen LogP contribution in [0, 0.1) is 20.8 Å². The van der Waals surface area contributed by atoms with Crippen LogP contribution in [0.3, 0.4) is 0 Å². The van der Waals surface area contributed by atoms with Crippen molar-refractivity contribution in [3.8, 4) is 0 Å². The second-order valence-electron chi connectivity index (χ2n) is 5.14. The summed E-state index contributed by atoms with van der Waals surface area (Å²) in [4.78, 5) is 0. The molecule has 0 bridgehead atoms. The van der Waals surface area contributed by atoms with E-state index >= 15 is 0 Å². The molecule has 1 N–H and O–H groups in total. The second kappa shape index (κ2) is 6.25. The van der Waals surface area contributed by atoms with E-state index in [1.54, 1.807) is 7.11 Å². The van der Waals surface area contributed by atoms with Gasteiger partial charge in [-0.1, -0.05) is 24.3 Å². The first-order chi connectivity index (χ1) is 9.54. The van der Waals surface area contributed by atoms with E-state index in [0.717, 1.165) is 34.6 Å². The molecule has 0 fully saturated rings. The molecule has 1 unspecified atom stereocenters. The van der Waals surface area contributed by atoms with E-state index in [1.165, 1.54) is 5.56 Å². The quantitative estimate of drug-likeness (QED) is 0.907. The van der Waals surface area contributed by atoms with Crippen molar-refractivity contribution in [3.05, 3.63) is 58.0 Å². The van der Waals surface area contributed by atoms with Crippen molar-refractivity contribution in [2.45, 2.75) is 33.3 Å². The van der Waals surface area contributed by atoms with Crippen molar-refractivity contribution in [2.24, 2.45) is 0 Å². The maximum atomic E-state index is 10.5. The number of aliphatic hydroxyl groups is 1. The van der Waals surface area contributed by atoms with E-state index in [2.05, 4.69) is 0 Å². The van der Waals surface area contributed by atoms with E-state index in [1.807, 2.05) is 45.0 Å². The van der Waals surface area contributed by atoms with Crippen LogP contribution in [-0.2, 0) is 11.2 Å². The normalized spacial score (nSPS) is 12.7. The molecule has 0 saturated carbocycles.